The maximum absolute atomic E-state index is 6.08. The first-order valence-corrected chi connectivity index (χ1v) is 6.42. The highest BCUT2D eigenvalue weighted by Crippen LogP contribution is 2.28. The summed E-state index contributed by atoms with van der Waals surface area (Å²) in [5, 5.41) is 4.72. The Labute approximate surface area is 113 Å². The van der Waals surface area contributed by atoms with E-state index in [1.165, 1.54) is 0 Å². The highest BCUT2D eigenvalue weighted by molar-refractivity contribution is 9.10. The molecule has 0 radical (unpaired) electrons. The van der Waals surface area contributed by atoms with Crippen molar-refractivity contribution < 1.29 is 0 Å². The minimum Gasteiger partial charge on any atom is -0.275 e. The third-order valence-electron chi connectivity index (χ3n) is 2.47. The minimum absolute atomic E-state index is 0.440. The fourth-order valence-corrected chi connectivity index (χ4v) is 2.28. The van der Waals surface area contributed by atoms with Gasteiger partial charge in [0.15, 0.2) is 5.82 Å². The molecule has 0 fully saturated rings. The summed E-state index contributed by atoms with van der Waals surface area (Å²) in [5.41, 5.74) is 2.72. The summed E-state index contributed by atoms with van der Waals surface area (Å²) in [5.74, 6) is 0.626. The van der Waals surface area contributed by atoms with Crippen molar-refractivity contribution in [1.29, 1.82) is 0 Å². The van der Waals surface area contributed by atoms with Crippen molar-refractivity contribution in [2.45, 2.75) is 20.3 Å². The van der Waals surface area contributed by atoms with E-state index < -0.39 is 0 Å². The summed E-state index contributed by atoms with van der Waals surface area (Å²) < 4.78 is 2.52. The van der Waals surface area contributed by atoms with Gasteiger partial charge in [-0.1, -0.05) is 18.5 Å². The average molecular weight is 316 g/mol. The second kappa shape index (κ2) is 4.74. The summed E-state index contributed by atoms with van der Waals surface area (Å²) in [7, 11) is 1.87. The first kappa shape index (κ1) is 12.5. The Hall–Kier alpha value is -0.940. The topological polar surface area (TPSA) is 43.6 Å². The van der Waals surface area contributed by atoms with Gasteiger partial charge in [-0.05, 0) is 29.3 Å². The van der Waals surface area contributed by atoms with Crippen LogP contribution < -0.4 is 0 Å². The first-order valence-electron chi connectivity index (χ1n) is 5.25. The van der Waals surface area contributed by atoms with Crippen LogP contribution >= 0.6 is 27.5 Å². The fourth-order valence-electron chi connectivity index (χ4n) is 1.64. The SMILES string of the molecule is CCc1nc(-c2cn(C)nc2C)nc(Cl)c1Br. The lowest BCUT2D eigenvalue weighted by atomic mass is 10.2. The molecule has 0 saturated carbocycles. The van der Waals surface area contributed by atoms with Crippen LogP contribution in [-0.4, -0.2) is 19.7 Å². The highest BCUT2D eigenvalue weighted by Gasteiger charge is 2.14. The molecule has 0 bridgehead atoms. The third kappa shape index (κ3) is 2.35. The molecule has 0 atom stereocenters. The molecule has 2 heterocycles. The van der Waals surface area contributed by atoms with Gasteiger partial charge in [0.1, 0.15) is 5.15 Å². The van der Waals surface area contributed by atoms with Gasteiger partial charge in [0.05, 0.1) is 21.4 Å². The van der Waals surface area contributed by atoms with E-state index in [9.17, 15) is 0 Å². The van der Waals surface area contributed by atoms with E-state index in [2.05, 4.69) is 31.0 Å². The standard InChI is InChI=1S/C11H12BrClN4/c1-4-8-9(12)10(13)15-11(14-8)7-5-17(3)16-6(7)2/h5H,4H2,1-3H3. The quantitative estimate of drug-likeness (QED) is 0.800. The van der Waals surface area contributed by atoms with Gasteiger partial charge < -0.3 is 0 Å². The van der Waals surface area contributed by atoms with Crippen molar-refractivity contribution in [3.05, 3.63) is 27.2 Å². The molecule has 0 unspecified atom stereocenters. The van der Waals surface area contributed by atoms with Crippen molar-refractivity contribution in [2.24, 2.45) is 7.05 Å². The van der Waals surface area contributed by atoms with E-state index in [4.69, 9.17) is 11.6 Å². The van der Waals surface area contributed by atoms with Crippen molar-refractivity contribution in [1.82, 2.24) is 19.7 Å². The number of hydrogen-bond donors (Lipinski definition) is 0. The number of hydrogen-bond acceptors (Lipinski definition) is 3. The van der Waals surface area contributed by atoms with Crippen LogP contribution in [0.2, 0.25) is 5.15 Å². The fraction of sp³-hybridized carbons (Fsp3) is 0.364. The summed E-state index contributed by atoms with van der Waals surface area (Å²) in [6.45, 7) is 3.96. The summed E-state index contributed by atoms with van der Waals surface area (Å²) in [4.78, 5) is 8.78. The van der Waals surface area contributed by atoms with Crippen molar-refractivity contribution in [2.75, 3.05) is 0 Å². The Bertz CT molecular complexity index is 565. The normalized spacial score (nSPS) is 10.9. The van der Waals surface area contributed by atoms with Crippen LogP contribution in [0.5, 0.6) is 0 Å². The third-order valence-corrected chi connectivity index (χ3v) is 3.80. The molecule has 0 spiro atoms. The maximum Gasteiger partial charge on any atom is 0.164 e. The van der Waals surface area contributed by atoms with Crippen LogP contribution in [-0.2, 0) is 13.5 Å². The van der Waals surface area contributed by atoms with Crippen molar-refractivity contribution >= 4 is 27.5 Å². The Morgan fingerprint density at radius 3 is 2.65 bits per heavy atom. The predicted octanol–water partition coefficient (Wildman–Crippen LogP) is 3.16. The molecule has 0 aliphatic heterocycles. The summed E-state index contributed by atoms with van der Waals surface area (Å²) in [6, 6.07) is 0. The van der Waals surface area contributed by atoms with Gasteiger partial charge in [0.2, 0.25) is 0 Å². The smallest absolute Gasteiger partial charge is 0.164 e. The van der Waals surface area contributed by atoms with Crippen molar-refractivity contribution in [3.63, 3.8) is 0 Å². The molecule has 0 aromatic carbocycles. The Kier molecular flexibility index (Phi) is 3.49. The number of aryl methyl sites for hydroxylation is 3. The van der Waals surface area contributed by atoms with Crippen LogP contribution in [0.3, 0.4) is 0 Å². The molecule has 4 nitrogen and oxygen atoms in total. The molecule has 0 saturated heterocycles. The van der Waals surface area contributed by atoms with Gasteiger partial charge in [-0.25, -0.2) is 9.97 Å². The minimum atomic E-state index is 0.440. The molecule has 0 aliphatic rings. The van der Waals surface area contributed by atoms with Crippen LogP contribution in [0, 0.1) is 6.92 Å². The molecule has 17 heavy (non-hydrogen) atoms. The largest absolute Gasteiger partial charge is 0.275 e. The van der Waals surface area contributed by atoms with Crippen LogP contribution in [0.25, 0.3) is 11.4 Å². The molecule has 6 heteroatoms. The van der Waals surface area contributed by atoms with E-state index in [1.807, 2.05) is 27.1 Å². The summed E-state index contributed by atoms with van der Waals surface area (Å²) in [6.07, 6.45) is 2.70. The van der Waals surface area contributed by atoms with Gasteiger partial charge >= 0.3 is 0 Å². The van der Waals surface area contributed by atoms with Gasteiger partial charge in [-0.15, -0.1) is 0 Å². The van der Waals surface area contributed by atoms with E-state index in [-0.39, 0.29) is 0 Å². The second-order valence-corrected chi connectivity index (χ2v) is 4.91. The molecule has 2 aromatic heterocycles. The molecule has 2 aromatic rings. The zero-order valence-electron chi connectivity index (χ0n) is 9.83. The molecule has 0 N–H and O–H groups in total. The second-order valence-electron chi connectivity index (χ2n) is 3.75. The van der Waals surface area contributed by atoms with Crippen LogP contribution in [0.4, 0.5) is 0 Å². The number of nitrogens with zero attached hydrogens (tertiary/aromatic N) is 4. The molecule has 90 valence electrons. The maximum atomic E-state index is 6.08. The zero-order valence-corrected chi connectivity index (χ0v) is 12.2. The molecule has 0 aliphatic carbocycles. The number of halogens is 2. The van der Waals surface area contributed by atoms with Gasteiger partial charge in [-0.2, -0.15) is 5.10 Å². The van der Waals surface area contributed by atoms with E-state index >= 15 is 0 Å². The average Bonchev–Trinajstić information content (AvgIpc) is 2.61. The van der Waals surface area contributed by atoms with E-state index in [0.717, 1.165) is 27.8 Å². The molecular formula is C11H12BrClN4. The Morgan fingerprint density at radius 1 is 1.41 bits per heavy atom. The number of aromatic nitrogens is 4. The lowest BCUT2D eigenvalue weighted by Crippen LogP contribution is -1.97. The van der Waals surface area contributed by atoms with Crippen LogP contribution in [0.1, 0.15) is 18.3 Å². The molecular weight excluding hydrogens is 304 g/mol. The molecule has 2 rings (SSSR count). The Morgan fingerprint density at radius 2 is 2.12 bits per heavy atom. The Balaban J connectivity index is 2.60. The van der Waals surface area contributed by atoms with Crippen molar-refractivity contribution in [3.8, 4) is 11.4 Å². The summed E-state index contributed by atoms with van der Waals surface area (Å²) >= 11 is 9.47. The van der Waals surface area contributed by atoms with Gasteiger partial charge in [-0.3, -0.25) is 4.68 Å². The predicted molar refractivity (Wildman–Crippen MR) is 71.1 cm³/mol. The van der Waals surface area contributed by atoms with Gasteiger partial charge in [0, 0.05) is 13.2 Å². The monoisotopic (exact) mass is 314 g/mol. The van der Waals surface area contributed by atoms with E-state index in [0.29, 0.717) is 11.0 Å². The molecule has 0 amide bonds. The lowest BCUT2D eigenvalue weighted by Gasteiger charge is -2.05. The lowest BCUT2D eigenvalue weighted by molar-refractivity contribution is 0.756. The highest BCUT2D eigenvalue weighted by atomic mass is 79.9. The van der Waals surface area contributed by atoms with Crippen LogP contribution in [0.15, 0.2) is 10.7 Å². The van der Waals surface area contributed by atoms with E-state index in [1.54, 1.807) is 4.68 Å². The first-order chi connectivity index (χ1) is 8.02. The zero-order chi connectivity index (χ0) is 12.6. The van der Waals surface area contributed by atoms with Gasteiger partial charge in [0.25, 0.3) is 0 Å². The number of rotatable bonds is 2.